The summed E-state index contributed by atoms with van der Waals surface area (Å²) in [7, 11) is 1.72. The standard InChI is InChI=1S/C12H27NO2/c1-10(2)12(9-13-11(3)4)15-8-6-7-14-5/h10-13H,6-9H2,1-5H3. The Kier molecular flexibility index (Phi) is 9.06. The second-order valence-corrected chi connectivity index (χ2v) is 4.56. The Morgan fingerprint density at radius 3 is 2.20 bits per heavy atom. The lowest BCUT2D eigenvalue weighted by Crippen LogP contribution is -2.36. The van der Waals surface area contributed by atoms with Crippen molar-refractivity contribution in [3.63, 3.8) is 0 Å². The van der Waals surface area contributed by atoms with Crippen LogP contribution in [-0.4, -0.2) is 39.0 Å². The van der Waals surface area contributed by atoms with E-state index in [-0.39, 0.29) is 0 Å². The molecule has 1 unspecified atom stereocenters. The molecule has 0 rings (SSSR count). The maximum atomic E-state index is 5.81. The first-order valence-corrected chi connectivity index (χ1v) is 5.91. The number of rotatable bonds is 9. The monoisotopic (exact) mass is 217 g/mol. The molecule has 0 spiro atoms. The van der Waals surface area contributed by atoms with E-state index in [9.17, 15) is 0 Å². The molecule has 0 bridgehead atoms. The fourth-order valence-corrected chi connectivity index (χ4v) is 1.28. The van der Waals surface area contributed by atoms with Gasteiger partial charge < -0.3 is 14.8 Å². The highest BCUT2D eigenvalue weighted by Gasteiger charge is 2.13. The average molecular weight is 217 g/mol. The van der Waals surface area contributed by atoms with Crippen LogP contribution in [0.3, 0.4) is 0 Å². The predicted molar refractivity (Wildman–Crippen MR) is 64.2 cm³/mol. The molecule has 92 valence electrons. The quantitative estimate of drug-likeness (QED) is 0.600. The van der Waals surface area contributed by atoms with E-state index in [0.29, 0.717) is 18.1 Å². The fraction of sp³-hybridized carbons (Fsp3) is 1.00. The number of hydrogen-bond acceptors (Lipinski definition) is 3. The zero-order valence-electron chi connectivity index (χ0n) is 10.9. The van der Waals surface area contributed by atoms with E-state index in [2.05, 4.69) is 33.0 Å². The van der Waals surface area contributed by atoms with Crippen molar-refractivity contribution < 1.29 is 9.47 Å². The summed E-state index contributed by atoms with van der Waals surface area (Å²) in [6.45, 7) is 11.2. The third-order valence-electron chi connectivity index (χ3n) is 2.30. The summed E-state index contributed by atoms with van der Waals surface area (Å²) in [4.78, 5) is 0. The molecule has 0 saturated carbocycles. The summed E-state index contributed by atoms with van der Waals surface area (Å²) in [5.74, 6) is 0.554. The van der Waals surface area contributed by atoms with E-state index >= 15 is 0 Å². The fourth-order valence-electron chi connectivity index (χ4n) is 1.28. The molecule has 0 fully saturated rings. The largest absolute Gasteiger partial charge is 0.385 e. The van der Waals surface area contributed by atoms with Crippen LogP contribution in [0.15, 0.2) is 0 Å². The molecule has 0 aromatic heterocycles. The van der Waals surface area contributed by atoms with Crippen LogP contribution in [0.5, 0.6) is 0 Å². The van der Waals surface area contributed by atoms with Gasteiger partial charge in [-0.15, -0.1) is 0 Å². The van der Waals surface area contributed by atoms with Crippen LogP contribution in [0.1, 0.15) is 34.1 Å². The van der Waals surface area contributed by atoms with E-state index in [1.165, 1.54) is 0 Å². The molecular weight excluding hydrogens is 190 g/mol. The smallest absolute Gasteiger partial charge is 0.0722 e. The highest BCUT2D eigenvalue weighted by atomic mass is 16.5. The van der Waals surface area contributed by atoms with Crippen LogP contribution >= 0.6 is 0 Å². The first kappa shape index (κ1) is 14.9. The Labute approximate surface area is 94.5 Å². The summed E-state index contributed by atoms with van der Waals surface area (Å²) < 4.78 is 10.8. The van der Waals surface area contributed by atoms with E-state index in [0.717, 1.165) is 26.2 Å². The van der Waals surface area contributed by atoms with Gasteiger partial charge in [0, 0.05) is 32.9 Å². The van der Waals surface area contributed by atoms with Crippen LogP contribution in [-0.2, 0) is 9.47 Å². The van der Waals surface area contributed by atoms with E-state index in [1.54, 1.807) is 7.11 Å². The molecular formula is C12H27NO2. The minimum atomic E-state index is 0.309. The van der Waals surface area contributed by atoms with Crippen molar-refractivity contribution >= 4 is 0 Å². The zero-order chi connectivity index (χ0) is 11.7. The Hall–Kier alpha value is -0.120. The van der Waals surface area contributed by atoms with E-state index < -0.39 is 0 Å². The molecule has 3 heteroatoms. The van der Waals surface area contributed by atoms with Gasteiger partial charge in [-0.1, -0.05) is 27.7 Å². The summed E-state index contributed by atoms with van der Waals surface area (Å²) >= 11 is 0. The molecule has 3 nitrogen and oxygen atoms in total. The first-order chi connectivity index (χ1) is 7.07. The molecule has 0 aliphatic heterocycles. The molecule has 0 radical (unpaired) electrons. The minimum absolute atomic E-state index is 0.309. The predicted octanol–water partition coefficient (Wildman–Crippen LogP) is 2.06. The van der Waals surface area contributed by atoms with Crippen molar-refractivity contribution in [3.05, 3.63) is 0 Å². The van der Waals surface area contributed by atoms with Crippen molar-refractivity contribution in [1.29, 1.82) is 0 Å². The van der Waals surface area contributed by atoms with Crippen molar-refractivity contribution in [2.75, 3.05) is 26.9 Å². The molecule has 15 heavy (non-hydrogen) atoms. The van der Waals surface area contributed by atoms with Crippen molar-refractivity contribution in [2.45, 2.75) is 46.3 Å². The van der Waals surface area contributed by atoms with Gasteiger partial charge in [0.15, 0.2) is 0 Å². The van der Waals surface area contributed by atoms with Gasteiger partial charge in [0.2, 0.25) is 0 Å². The van der Waals surface area contributed by atoms with Gasteiger partial charge in [0.1, 0.15) is 0 Å². The number of ether oxygens (including phenoxy) is 2. The lowest BCUT2D eigenvalue weighted by atomic mass is 10.1. The zero-order valence-corrected chi connectivity index (χ0v) is 10.9. The molecule has 0 heterocycles. The summed E-state index contributed by atoms with van der Waals surface area (Å²) in [5, 5.41) is 3.41. The molecule has 0 aliphatic carbocycles. The molecule has 0 aromatic carbocycles. The number of hydrogen-bond donors (Lipinski definition) is 1. The third-order valence-corrected chi connectivity index (χ3v) is 2.30. The minimum Gasteiger partial charge on any atom is -0.385 e. The van der Waals surface area contributed by atoms with Gasteiger partial charge in [-0.3, -0.25) is 0 Å². The lowest BCUT2D eigenvalue weighted by molar-refractivity contribution is 0.0122. The molecule has 1 atom stereocenters. The number of nitrogens with one attached hydrogen (secondary N) is 1. The van der Waals surface area contributed by atoms with Crippen LogP contribution in [0.25, 0.3) is 0 Å². The Morgan fingerprint density at radius 1 is 1.07 bits per heavy atom. The maximum absolute atomic E-state index is 5.81. The van der Waals surface area contributed by atoms with E-state index in [4.69, 9.17) is 9.47 Å². The van der Waals surface area contributed by atoms with Gasteiger partial charge >= 0.3 is 0 Å². The van der Waals surface area contributed by atoms with Gasteiger partial charge in [0.05, 0.1) is 6.10 Å². The lowest BCUT2D eigenvalue weighted by Gasteiger charge is -2.23. The molecule has 1 N–H and O–H groups in total. The van der Waals surface area contributed by atoms with Gasteiger partial charge in [-0.05, 0) is 12.3 Å². The summed E-state index contributed by atoms with van der Waals surface area (Å²) in [5.41, 5.74) is 0. The molecule has 0 amide bonds. The Morgan fingerprint density at radius 2 is 1.73 bits per heavy atom. The van der Waals surface area contributed by atoms with Crippen molar-refractivity contribution in [3.8, 4) is 0 Å². The molecule has 0 aromatic rings. The summed E-state index contributed by atoms with van der Waals surface area (Å²) in [6, 6.07) is 0.522. The SMILES string of the molecule is COCCCOC(CNC(C)C)C(C)C. The van der Waals surface area contributed by atoms with Gasteiger partial charge in [-0.2, -0.15) is 0 Å². The second kappa shape index (κ2) is 9.13. The van der Waals surface area contributed by atoms with Crippen molar-refractivity contribution in [2.24, 2.45) is 5.92 Å². The molecule has 0 aliphatic rings. The van der Waals surface area contributed by atoms with Crippen LogP contribution in [0.2, 0.25) is 0 Å². The van der Waals surface area contributed by atoms with E-state index in [1.807, 2.05) is 0 Å². The Bertz CT molecular complexity index is 138. The topological polar surface area (TPSA) is 30.5 Å². The first-order valence-electron chi connectivity index (χ1n) is 5.91. The van der Waals surface area contributed by atoms with Gasteiger partial charge in [0.25, 0.3) is 0 Å². The second-order valence-electron chi connectivity index (χ2n) is 4.56. The van der Waals surface area contributed by atoms with Crippen molar-refractivity contribution in [1.82, 2.24) is 5.32 Å². The number of methoxy groups -OCH3 is 1. The van der Waals surface area contributed by atoms with Crippen LogP contribution in [0, 0.1) is 5.92 Å². The van der Waals surface area contributed by atoms with Crippen LogP contribution in [0.4, 0.5) is 0 Å². The highest BCUT2D eigenvalue weighted by Crippen LogP contribution is 2.06. The average Bonchev–Trinajstić information content (AvgIpc) is 2.15. The maximum Gasteiger partial charge on any atom is 0.0722 e. The molecule has 0 saturated heterocycles. The Balaban J connectivity index is 3.64. The highest BCUT2D eigenvalue weighted by molar-refractivity contribution is 4.67. The third kappa shape index (κ3) is 8.85. The normalized spacial score (nSPS) is 13.8. The summed E-state index contributed by atoms with van der Waals surface area (Å²) in [6.07, 6.45) is 1.28. The van der Waals surface area contributed by atoms with Gasteiger partial charge in [-0.25, -0.2) is 0 Å². The van der Waals surface area contributed by atoms with Crippen LogP contribution < -0.4 is 5.32 Å².